The van der Waals surface area contributed by atoms with E-state index in [0.29, 0.717) is 35.9 Å². The van der Waals surface area contributed by atoms with Crippen LogP contribution in [0.2, 0.25) is 0 Å². The predicted molar refractivity (Wildman–Crippen MR) is 208 cm³/mol. The zero-order chi connectivity index (χ0) is 37.4. The maximum atomic E-state index is 13.2. The molecule has 4 N–H and O–H groups in total. The van der Waals surface area contributed by atoms with Gasteiger partial charge in [0.05, 0.1) is 19.0 Å². The fourth-order valence-corrected chi connectivity index (χ4v) is 5.82. The highest BCUT2D eigenvalue weighted by atomic mass is 16.4. The normalized spacial score (nSPS) is 12.0. The molecule has 0 spiro atoms. The summed E-state index contributed by atoms with van der Waals surface area (Å²) in [7, 11) is 0. The molecular formula is C43H47N5O5. The second kappa shape index (κ2) is 19.5. The number of hydrogen-bond acceptors (Lipinski definition) is 6. The minimum Gasteiger partial charge on any atom is -0.436 e. The summed E-state index contributed by atoms with van der Waals surface area (Å²) >= 11 is 0. The second-order valence-corrected chi connectivity index (χ2v) is 13.0. The summed E-state index contributed by atoms with van der Waals surface area (Å²) in [5.41, 5.74) is 4.47. The van der Waals surface area contributed by atoms with Crippen LogP contribution in [0.1, 0.15) is 63.5 Å². The van der Waals surface area contributed by atoms with Crippen molar-refractivity contribution in [1.82, 2.24) is 15.6 Å². The highest BCUT2D eigenvalue weighted by Gasteiger charge is 2.22. The van der Waals surface area contributed by atoms with E-state index in [0.717, 1.165) is 47.9 Å². The number of carbonyl (C=O) groups is 4. The van der Waals surface area contributed by atoms with Crippen LogP contribution in [0.15, 0.2) is 120 Å². The summed E-state index contributed by atoms with van der Waals surface area (Å²) in [6.07, 6.45) is 6.57. The van der Waals surface area contributed by atoms with Gasteiger partial charge in [0.15, 0.2) is 5.76 Å². The Balaban J connectivity index is 1.16. The lowest BCUT2D eigenvalue weighted by Crippen LogP contribution is -2.44. The highest BCUT2D eigenvalue weighted by molar-refractivity contribution is 5.98. The zero-order valence-electron chi connectivity index (χ0n) is 30.3. The zero-order valence-corrected chi connectivity index (χ0v) is 30.3. The summed E-state index contributed by atoms with van der Waals surface area (Å²) in [5.74, 6) is 0.0366. The molecule has 1 aromatic heterocycles. The van der Waals surface area contributed by atoms with Gasteiger partial charge in [-0.15, -0.1) is 0 Å². The van der Waals surface area contributed by atoms with Crippen LogP contribution in [0.4, 0.5) is 11.4 Å². The van der Waals surface area contributed by atoms with E-state index in [-0.39, 0.29) is 36.5 Å². The van der Waals surface area contributed by atoms with Gasteiger partial charge in [0.1, 0.15) is 12.1 Å². The maximum absolute atomic E-state index is 13.2. The summed E-state index contributed by atoms with van der Waals surface area (Å²) in [6, 6.07) is 32.0. The van der Waals surface area contributed by atoms with Crippen molar-refractivity contribution in [2.75, 3.05) is 10.6 Å². The number of benzene rings is 4. The largest absolute Gasteiger partial charge is 0.436 e. The lowest BCUT2D eigenvalue weighted by atomic mass is 10.1. The molecule has 0 saturated heterocycles. The molecule has 2 unspecified atom stereocenters. The van der Waals surface area contributed by atoms with E-state index < -0.39 is 12.1 Å². The van der Waals surface area contributed by atoms with Crippen molar-refractivity contribution in [3.63, 3.8) is 0 Å². The Morgan fingerprint density at radius 3 is 1.45 bits per heavy atom. The van der Waals surface area contributed by atoms with Crippen molar-refractivity contribution in [2.45, 2.75) is 77.3 Å². The quantitative estimate of drug-likeness (QED) is 0.0733. The topological polar surface area (TPSA) is 142 Å². The van der Waals surface area contributed by atoms with Gasteiger partial charge in [-0.1, -0.05) is 100 Å². The lowest BCUT2D eigenvalue weighted by Gasteiger charge is -2.18. The molecule has 53 heavy (non-hydrogen) atoms. The number of oxazole rings is 1. The Morgan fingerprint density at radius 2 is 1.02 bits per heavy atom. The average molecular weight is 714 g/mol. The van der Waals surface area contributed by atoms with Gasteiger partial charge in [-0.05, 0) is 72.5 Å². The minimum atomic E-state index is -0.645. The van der Waals surface area contributed by atoms with Gasteiger partial charge in [-0.2, -0.15) is 0 Å². The molecule has 10 heteroatoms. The van der Waals surface area contributed by atoms with Crippen LogP contribution in [0.5, 0.6) is 0 Å². The number of carbonyl (C=O) groups excluding carboxylic acids is 4. The fourth-order valence-electron chi connectivity index (χ4n) is 5.82. The standard InChI is InChI=1S/C43H47N5O5/c1-3-5-17-36(47-39(49)27-30-13-9-7-10-14-30)41(51)45-34-23-19-32(20-24-34)38-29-44-43(53-38)33-21-25-35(26-22-33)46-42(52)37(18-6-4-2)48-40(50)28-31-15-11-8-12-16-31/h7-16,19-26,29,36-37H,3-6,17-18,27-28H2,1-2H3,(H,45,51)(H,46,52)(H,47,49)(H,48,50). The minimum absolute atomic E-state index is 0.195. The highest BCUT2D eigenvalue weighted by Crippen LogP contribution is 2.28. The Labute approximate surface area is 310 Å². The number of anilines is 2. The van der Waals surface area contributed by atoms with Crippen LogP contribution in [-0.4, -0.2) is 40.7 Å². The molecule has 4 amide bonds. The molecule has 0 fully saturated rings. The number of aromatic nitrogens is 1. The molecule has 5 rings (SSSR count). The summed E-state index contributed by atoms with van der Waals surface area (Å²) < 4.78 is 6.07. The van der Waals surface area contributed by atoms with Crippen LogP contribution >= 0.6 is 0 Å². The molecule has 0 bridgehead atoms. The molecule has 0 aliphatic heterocycles. The molecule has 4 aromatic carbocycles. The van der Waals surface area contributed by atoms with Crippen LogP contribution < -0.4 is 21.3 Å². The van der Waals surface area contributed by atoms with Gasteiger partial charge in [-0.3, -0.25) is 19.2 Å². The van der Waals surface area contributed by atoms with Crippen molar-refractivity contribution in [3.8, 4) is 22.8 Å². The number of nitrogens with zero attached hydrogens (tertiary/aromatic N) is 1. The SMILES string of the molecule is CCCCC(NC(=O)Cc1ccccc1)C(=O)Nc1ccc(-c2cnc(-c3ccc(NC(=O)C(CCCC)NC(=O)Cc4ccccc4)cc3)o2)cc1. The van der Waals surface area contributed by atoms with Crippen LogP contribution in [0.3, 0.4) is 0 Å². The van der Waals surface area contributed by atoms with Crippen molar-refractivity contribution >= 4 is 35.0 Å². The van der Waals surface area contributed by atoms with Crippen molar-refractivity contribution in [1.29, 1.82) is 0 Å². The smallest absolute Gasteiger partial charge is 0.246 e. The molecule has 0 aliphatic rings. The third-order valence-corrected chi connectivity index (χ3v) is 8.75. The molecular weight excluding hydrogens is 667 g/mol. The third kappa shape index (κ3) is 11.8. The molecule has 5 aromatic rings. The summed E-state index contributed by atoms with van der Waals surface area (Å²) in [6.45, 7) is 4.09. The molecule has 1 heterocycles. The molecule has 0 aliphatic carbocycles. The fraction of sp³-hybridized carbons (Fsp3) is 0.279. The number of rotatable bonds is 18. The number of unbranched alkanes of at least 4 members (excludes halogenated alkanes) is 2. The van der Waals surface area contributed by atoms with Gasteiger partial charge < -0.3 is 25.7 Å². The maximum Gasteiger partial charge on any atom is 0.246 e. The van der Waals surface area contributed by atoms with Crippen LogP contribution in [-0.2, 0) is 32.0 Å². The van der Waals surface area contributed by atoms with Crippen LogP contribution in [0.25, 0.3) is 22.8 Å². The first-order chi connectivity index (χ1) is 25.8. The van der Waals surface area contributed by atoms with Gasteiger partial charge in [0.25, 0.3) is 0 Å². The monoisotopic (exact) mass is 713 g/mol. The number of hydrogen-bond donors (Lipinski definition) is 4. The summed E-state index contributed by atoms with van der Waals surface area (Å²) in [4.78, 5) is 56.2. The molecule has 0 radical (unpaired) electrons. The molecule has 0 saturated carbocycles. The lowest BCUT2D eigenvalue weighted by molar-refractivity contribution is -0.126. The van der Waals surface area contributed by atoms with E-state index in [2.05, 4.69) is 26.3 Å². The van der Waals surface area contributed by atoms with Gasteiger partial charge in [0.2, 0.25) is 29.5 Å². The van der Waals surface area contributed by atoms with E-state index in [9.17, 15) is 19.2 Å². The Hall–Kier alpha value is -6.03. The van der Waals surface area contributed by atoms with Crippen molar-refractivity contribution in [3.05, 3.63) is 127 Å². The Bertz CT molecular complexity index is 1790. The Kier molecular flexibility index (Phi) is 14.1. The molecule has 274 valence electrons. The number of amides is 4. The first-order valence-electron chi connectivity index (χ1n) is 18.3. The second-order valence-electron chi connectivity index (χ2n) is 13.0. The third-order valence-electron chi connectivity index (χ3n) is 8.75. The number of nitrogens with one attached hydrogen (secondary N) is 4. The van der Waals surface area contributed by atoms with Crippen LogP contribution in [0, 0.1) is 0 Å². The van der Waals surface area contributed by atoms with Crippen molar-refractivity contribution in [2.24, 2.45) is 0 Å². The molecule has 2 atom stereocenters. The van der Waals surface area contributed by atoms with E-state index >= 15 is 0 Å². The first kappa shape index (κ1) is 38.2. The van der Waals surface area contributed by atoms with Gasteiger partial charge >= 0.3 is 0 Å². The Morgan fingerprint density at radius 1 is 0.585 bits per heavy atom. The van der Waals surface area contributed by atoms with Gasteiger partial charge in [-0.25, -0.2) is 4.98 Å². The van der Waals surface area contributed by atoms with E-state index in [1.165, 1.54) is 0 Å². The average Bonchev–Trinajstić information content (AvgIpc) is 3.67. The first-order valence-corrected chi connectivity index (χ1v) is 18.3. The predicted octanol–water partition coefficient (Wildman–Crippen LogP) is 7.72. The molecule has 10 nitrogen and oxygen atoms in total. The summed E-state index contributed by atoms with van der Waals surface area (Å²) in [5, 5.41) is 11.7. The van der Waals surface area contributed by atoms with Crippen molar-refractivity contribution < 1.29 is 23.6 Å². The van der Waals surface area contributed by atoms with E-state index in [1.807, 2.05) is 98.8 Å². The van der Waals surface area contributed by atoms with Gasteiger partial charge in [0, 0.05) is 22.5 Å². The van der Waals surface area contributed by atoms with E-state index in [4.69, 9.17) is 4.42 Å². The van der Waals surface area contributed by atoms with E-state index in [1.54, 1.807) is 30.5 Å².